The Kier molecular flexibility index (Phi) is 8.52. The zero-order valence-corrected chi connectivity index (χ0v) is 23.3. The standard InChI is InChI=1S/C25H39N7O4S/c1-18-14-21(36-5)15-19(2)23(18)37(34,35)30(4)17-22-26-24(28-27-22)25(33)32-12-10-31(11-13-32)16-20-6-8-29(3)9-7-20/h14-15,20H,6-13,16-17H2,1-5H3,(H,26,27,28). The van der Waals surface area contributed by atoms with Crippen LogP contribution in [-0.2, 0) is 16.6 Å². The quantitative estimate of drug-likeness (QED) is 0.541. The van der Waals surface area contributed by atoms with Crippen LogP contribution < -0.4 is 4.74 Å². The van der Waals surface area contributed by atoms with Crippen molar-refractivity contribution in [1.82, 2.24) is 34.2 Å². The number of aryl methyl sites for hydroxylation is 2. The van der Waals surface area contributed by atoms with E-state index in [4.69, 9.17) is 4.74 Å². The second-order valence-corrected chi connectivity index (χ2v) is 12.3. The number of amides is 1. The molecule has 2 saturated heterocycles. The molecule has 3 heterocycles. The molecular formula is C25H39N7O4S. The number of carbonyl (C=O) groups excluding carboxylic acids is 1. The summed E-state index contributed by atoms with van der Waals surface area (Å²) < 4.78 is 33.1. The molecule has 37 heavy (non-hydrogen) atoms. The van der Waals surface area contributed by atoms with Gasteiger partial charge >= 0.3 is 0 Å². The number of methoxy groups -OCH3 is 1. The van der Waals surface area contributed by atoms with Gasteiger partial charge in [0.15, 0.2) is 0 Å². The van der Waals surface area contributed by atoms with Gasteiger partial charge in [-0.2, -0.15) is 4.31 Å². The van der Waals surface area contributed by atoms with Crippen LogP contribution in [0, 0.1) is 19.8 Å². The number of piperazine rings is 1. The number of rotatable bonds is 8. The number of benzene rings is 1. The number of sulfonamides is 1. The minimum Gasteiger partial charge on any atom is -0.497 e. The maximum absolute atomic E-state index is 13.3. The van der Waals surface area contributed by atoms with Gasteiger partial charge in [0.05, 0.1) is 18.6 Å². The van der Waals surface area contributed by atoms with E-state index in [1.807, 2.05) is 0 Å². The summed E-state index contributed by atoms with van der Waals surface area (Å²) in [7, 11) is 1.43. The Balaban J connectivity index is 1.33. The van der Waals surface area contributed by atoms with Crippen LogP contribution in [0.5, 0.6) is 5.75 Å². The minimum absolute atomic E-state index is 0.0299. The first-order valence-electron chi connectivity index (χ1n) is 12.8. The van der Waals surface area contributed by atoms with Gasteiger partial charge in [0.25, 0.3) is 5.91 Å². The second kappa shape index (κ2) is 11.5. The average Bonchev–Trinajstić information content (AvgIpc) is 3.33. The van der Waals surface area contributed by atoms with Crippen molar-refractivity contribution < 1.29 is 17.9 Å². The van der Waals surface area contributed by atoms with E-state index >= 15 is 0 Å². The van der Waals surface area contributed by atoms with Crippen molar-refractivity contribution in [3.8, 4) is 5.75 Å². The van der Waals surface area contributed by atoms with Crippen LogP contribution in [0.15, 0.2) is 17.0 Å². The van der Waals surface area contributed by atoms with Gasteiger partial charge in [-0.15, -0.1) is 5.10 Å². The van der Waals surface area contributed by atoms with Gasteiger partial charge in [-0.3, -0.25) is 14.8 Å². The van der Waals surface area contributed by atoms with Crippen LogP contribution in [0.4, 0.5) is 0 Å². The van der Waals surface area contributed by atoms with Gasteiger partial charge in [-0.25, -0.2) is 13.4 Å². The van der Waals surface area contributed by atoms with E-state index in [9.17, 15) is 13.2 Å². The molecule has 1 aromatic heterocycles. The lowest BCUT2D eigenvalue weighted by Crippen LogP contribution is -2.50. The number of H-pyrrole nitrogens is 1. The molecule has 0 bridgehead atoms. The van der Waals surface area contributed by atoms with Gasteiger partial charge in [0, 0.05) is 39.8 Å². The monoisotopic (exact) mass is 533 g/mol. The van der Waals surface area contributed by atoms with Crippen LogP contribution in [0.1, 0.15) is 40.4 Å². The fraction of sp³-hybridized carbons (Fsp3) is 0.640. The Morgan fingerprint density at radius 1 is 1.11 bits per heavy atom. The van der Waals surface area contributed by atoms with Crippen LogP contribution in [-0.4, -0.2) is 116 Å². The Morgan fingerprint density at radius 3 is 2.32 bits per heavy atom. The summed E-state index contributed by atoms with van der Waals surface area (Å²) in [5.41, 5.74) is 1.21. The highest BCUT2D eigenvalue weighted by Crippen LogP contribution is 2.28. The molecule has 12 heteroatoms. The van der Waals surface area contributed by atoms with E-state index in [0.717, 1.165) is 38.6 Å². The van der Waals surface area contributed by atoms with E-state index < -0.39 is 10.0 Å². The number of piperidine rings is 1. The highest BCUT2D eigenvalue weighted by Gasteiger charge is 2.29. The largest absolute Gasteiger partial charge is 0.497 e. The molecule has 1 amide bonds. The zero-order chi connectivity index (χ0) is 26.7. The van der Waals surface area contributed by atoms with E-state index in [1.54, 1.807) is 38.0 Å². The number of aromatic amines is 1. The lowest BCUT2D eigenvalue weighted by molar-refractivity contribution is 0.0583. The van der Waals surface area contributed by atoms with Gasteiger partial charge in [-0.1, -0.05) is 0 Å². The molecule has 0 unspecified atom stereocenters. The molecule has 0 radical (unpaired) electrons. The Morgan fingerprint density at radius 2 is 1.73 bits per heavy atom. The average molecular weight is 534 g/mol. The predicted octanol–water partition coefficient (Wildman–Crippen LogP) is 1.35. The molecule has 0 atom stereocenters. The fourth-order valence-electron chi connectivity index (χ4n) is 5.23. The second-order valence-electron chi connectivity index (χ2n) is 10.3. The molecule has 0 spiro atoms. The summed E-state index contributed by atoms with van der Waals surface area (Å²) >= 11 is 0. The lowest BCUT2D eigenvalue weighted by atomic mass is 9.96. The van der Waals surface area contributed by atoms with Crippen molar-refractivity contribution in [2.45, 2.75) is 38.1 Å². The highest BCUT2D eigenvalue weighted by atomic mass is 32.2. The van der Waals surface area contributed by atoms with Crippen LogP contribution in [0.25, 0.3) is 0 Å². The van der Waals surface area contributed by atoms with Gasteiger partial charge in [0.2, 0.25) is 15.8 Å². The number of hydrogen-bond acceptors (Lipinski definition) is 8. The van der Waals surface area contributed by atoms with E-state index in [0.29, 0.717) is 35.8 Å². The first kappa shape index (κ1) is 27.5. The molecule has 11 nitrogen and oxygen atoms in total. The van der Waals surface area contributed by atoms with Crippen molar-refractivity contribution in [2.24, 2.45) is 5.92 Å². The van der Waals surface area contributed by atoms with Crippen molar-refractivity contribution in [2.75, 3.05) is 67.0 Å². The van der Waals surface area contributed by atoms with Crippen LogP contribution in [0.3, 0.4) is 0 Å². The minimum atomic E-state index is -3.79. The zero-order valence-electron chi connectivity index (χ0n) is 22.5. The smallest absolute Gasteiger partial charge is 0.293 e. The number of hydrogen-bond donors (Lipinski definition) is 1. The summed E-state index contributed by atoms with van der Waals surface area (Å²) in [6.07, 6.45) is 2.47. The van der Waals surface area contributed by atoms with Crippen molar-refractivity contribution in [3.63, 3.8) is 0 Å². The van der Waals surface area contributed by atoms with Crippen molar-refractivity contribution in [3.05, 3.63) is 34.9 Å². The van der Waals surface area contributed by atoms with Gasteiger partial charge < -0.3 is 14.5 Å². The number of likely N-dealkylation sites (tertiary alicyclic amines) is 1. The van der Waals surface area contributed by atoms with E-state index in [-0.39, 0.29) is 23.2 Å². The van der Waals surface area contributed by atoms with Gasteiger partial charge in [0.1, 0.15) is 11.6 Å². The summed E-state index contributed by atoms with van der Waals surface area (Å²) in [5, 5.41) is 6.84. The molecule has 204 valence electrons. The number of carbonyl (C=O) groups is 1. The summed E-state index contributed by atoms with van der Waals surface area (Å²) in [4.78, 5) is 24.2. The molecule has 2 aliphatic rings. The summed E-state index contributed by atoms with van der Waals surface area (Å²) in [6.45, 7) is 9.84. The number of nitrogens with zero attached hydrogens (tertiary/aromatic N) is 6. The molecule has 0 saturated carbocycles. The number of aromatic nitrogens is 3. The Labute approximate surface area is 219 Å². The van der Waals surface area contributed by atoms with Crippen molar-refractivity contribution >= 4 is 15.9 Å². The van der Waals surface area contributed by atoms with Crippen molar-refractivity contribution in [1.29, 1.82) is 0 Å². The summed E-state index contributed by atoms with van der Waals surface area (Å²) in [5.74, 6) is 1.50. The first-order valence-corrected chi connectivity index (χ1v) is 14.3. The molecular weight excluding hydrogens is 494 g/mol. The topological polar surface area (TPSA) is 115 Å². The molecule has 2 aliphatic heterocycles. The van der Waals surface area contributed by atoms with Crippen LogP contribution in [0.2, 0.25) is 0 Å². The Hall–Kier alpha value is -2.54. The maximum Gasteiger partial charge on any atom is 0.293 e. The summed E-state index contributed by atoms with van der Waals surface area (Å²) in [6, 6.07) is 3.40. The van der Waals surface area contributed by atoms with E-state index in [2.05, 4.69) is 32.0 Å². The molecule has 2 fully saturated rings. The normalized spacial score (nSPS) is 18.5. The molecule has 1 aromatic carbocycles. The number of nitrogens with one attached hydrogen (secondary N) is 1. The highest BCUT2D eigenvalue weighted by molar-refractivity contribution is 7.89. The first-order chi connectivity index (χ1) is 17.6. The third kappa shape index (κ3) is 6.31. The molecule has 0 aliphatic carbocycles. The third-order valence-corrected chi connectivity index (χ3v) is 9.56. The van der Waals surface area contributed by atoms with Gasteiger partial charge in [-0.05, 0) is 76.0 Å². The lowest BCUT2D eigenvalue weighted by Gasteiger charge is -2.38. The molecule has 2 aromatic rings. The fourth-order valence-corrected chi connectivity index (χ4v) is 6.77. The third-order valence-electron chi connectivity index (χ3n) is 7.45. The number of ether oxygens (including phenoxy) is 1. The maximum atomic E-state index is 13.3. The molecule has 1 N–H and O–H groups in total. The predicted molar refractivity (Wildman–Crippen MR) is 140 cm³/mol. The van der Waals surface area contributed by atoms with E-state index in [1.165, 1.54) is 24.2 Å². The SMILES string of the molecule is COc1cc(C)c(S(=O)(=O)N(C)Cc2nc(C(=O)N3CCN(CC4CCN(C)CC4)CC3)n[nH]2)c(C)c1. The molecule has 4 rings (SSSR count). The Bertz CT molecular complexity index is 1180. The van der Waals surface area contributed by atoms with Crippen LogP contribution >= 0.6 is 0 Å².